The molecule has 0 bridgehead atoms. The van der Waals surface area contributed by atoms with E-state index in [9.17, 15) is 8.42 Å². The van der Waals surface area contributed by atoms with E-state index in [-0.39, 0.29) is 5.41 Å². The highest BCUT2D eigenvalue weighted by atomic mass is 32.2. The third kappa shape index (κ3) is 5.70. The third-order valence-electron chi connectivity index (χ3n) is 3.93. The van der Waals surface area contributed by atoms with Crippen LogP contribution in [0.15, 0.2) is 15.7 Å². The van der Waals surface area contributed by atoms with Crippen molar-refractivity contribution in [1.29, 1.82) is 0 Å². The molecule has 0 aliphatic carbocycles. The van der Waals surface area contributed by atoms with Crippen molar-refractivity contribution < 1.29 is 8.42 Å². The number of sulfonamides is 1. The quantitative estimate of drug-likeness (QED) is 0.683. The molecule has 1 aromatic rings. The molecule has 6 heteroatoms. The summed E-state index contributed by atoms with van der Waals surface area (Å²) < 4.78 is 27.8. The Kier molecular flexibility index (Phi) is 6.84. The van der Waals surface area contributed by atoms with Crippen LogP contribution in [0.4, 0.5) is 0 Å². The Labute approximate surface area is 133 Å². The van der Waals surface area contributed by atoms with Crippen LogP contribution in [0, 0.1) is 11.3 Å². The standard InChI is InChI=1S/C15H28N2O2S2/c1-6-7-16-9-13-8-14(20-10-13)21(18,19)17-11-15(4,5)12(2)3/h8,10,12,16-17H,6-7,9,11H2,1-5H3. The molecule has 0 saturated heterocycles. The first kappa shape index (κ1) is 18.6. The van der Waals surface area contributed by atoms with E-state index >= 15 is 0 Å². The highest BCUT2D eigenvalue weighted by Crippen LogP contribution is 2.26. The van der Waals surface area contributed by atoms with Crippen LogP contribution in [0.3, 0.4) is 0 Å². The maximum atomic E-state index is 12.3. The van der Waals surface area contributed by atoms with Crippen molar-refractivity contribution in [3.8, 4) is 0 Å². The normalized spacial score (nSPS) is 13.0. The minimum atomic E-state index is -3.40. The molecule has 4 nitrogen and oxygen atoms in total. The molecule has 0 aromatic carbocycles. The summed E-state index contributed by atoms with van der Waals surface area (Å²) in [6, 6.07) is 1.76. The lowest BCUT2D eigenvalue weighted by Crippen LogP contribution is -2.36. The van der Waals surface area contributed by atoms with Crippen LogP contribution in [0.1, 0.15) is 46.6 Å². The predicted octanol–water partition coefficient (Wildman–Crippen LogP) is 3.21. The van der Waals surface area contributed by atoms with Crippen LogP contribution in [0.25, 0.3) is 0 Å². The number of rotatable bonds is 9. The molecule has 0 aliphatic heterocycles. The van der Waals surface area contributed by atoms with Gasteiger partial charge in [0.15, 0.2) is 0 Å². The first-order valence-electron chi connectivity index (χ1n) is 7.47. The summed E-state index contributed by atoms with van der Waals surface area (Å²) in [4.78, 5) is 0. The van der Waals surface area contributed by atoms with Gasteiger partial charge in [0.25, 0.3) is 0 Å². The van der Waals surface area contributed by atoms with E-state index in [2.05, 4.69) is 44.7 Å². The number of hydrogen-bond acceptors (Lipinski definition) is 4. The van der Waals surface area contributed by atoms with Crippen LogP contribution in [0.2, 0.25) is 0 Å². The molecule has 1 heterocycles. The zero-order chi connectivity index (χ0) is 16.1. The van der Waals surface area contributed by atoms with Crippen LogP contribution in [-0.4, -0.2) is 21.5 Å². The van der Waals surface area contributed by atoms with Crippen molar-refractivity contribution in [3.05, 3.63) is 17.0 Å². The molecule has 0 fully saturated rings. The van der Waals surface area contributed by atoms with E-state index < -0.39 is 10.0 Å². The van der Waals surface area contributed by atoms with Crippen molar-refractivity contribution in [2.45, 2.75) is 51.8 Å². The molecule has 1 aromatic heterocycles. The third-order valence-corrected chi connectivity index (χ3v) is 6.82. The van der Waals surface area contributed by atoms with Gasteiger partial charge in [0.1, 0.15) is 4.21 Å². The van der Waals surface area contributed by atoms with Crippen LogP contribution >= 0.6 is 11.3 Å². The number of nitrogens with one attached hydrogen (secondary N) is 2. The van der Waals surface area contributed by atoms with Gasteiger partial charge in [-0.25, -0.2) is 13.1 Å². The summed E-state index contributed by atoms with van der Waals surface area (Å²) in [5.41, 5.74) is 0.965. The van der Waals surface area contributed by atoms with Crippen LogP contribution in [0.5, 0.6) is 0 Å². The molecule has 0 unspecified atom stereocenters. The van der Waals surface area contributed by atoms with Gasteiger partial charge in [0.05, 0.1) is 0 Å². The fraction of sp³-hybridized carbons (Fsp3) is 0.733. The van der Waals surface area contributed by atoms with Crippen molar-refractivity contribution in [2.75, 3.05) is 13.1 Å². The molecule has 0 saturated carbocycles. The zero-order valence-electron chi connectivity index (χ0n) is 13.7. The summed E-state index contributed by atoms with van der Waals surface area (Å²) in [5.74, 6) is 0.414. The van der Waals surface area contributed by atoms with E-state index in [0.717, 1.165) is 25.1 Å². The molecular weight excluding hydrogens is 304 g/mol. The van der Waals surface area contributed by atoms with Gasteiger partial charge in [-0.3, -0.25) is 0 Å². The second kappa shape index (κ2) is 7.72. The molecule has 0 amide bonds. The van der Waals surface area contributed by atoms with Crippen molar-refractivity contribution in [3.63, 3.8) is 0 Å². The van der Waals surface area contributed by atoms with Gasteiger partial charge in [-0.1, -0.05) is 34.6 Å². The largest absolute Gasteiger partial charge is 0.313 e. The summed E-state index contributed by atoms with van der Waals surface area (Å²) in [6.07, 6.45) is 1.07. The second-order valence-corrected chi connectivity index (χ2v) is 9.32. The average molecular weight is 333 g/mol. The minimum absolute atomic E-state index is 0.0597. The maximum Gasteiger partial charge on any atom is 0.250 e. The second-order valence-electron chi connectivity index (χ2n) is 6.42. The lowest BCUT2D eigenvalue weighted by molar-refractivity contribution is 0.252. The summed E-state index contributed by atoms with van der Waals surface area (Å²) in [7, 11) is -3.40. The summed E-state index contributed by atoms with van der Waals surface area (Å²) in [5, 5.41) is 5.19. The Morgan fingerprint density at radius 1 is 1.33 bits per heavy atom. The van der Waals surface area contributed by atoms with Crippen molar-refractivity contribution >= 4 is 21.4 Å². The average Bonchev–Trinajstić information content (AvgIpc) is 2.86. The van der Waals surface area contributed by atoms with E-state index in [0.29, 0.717) is 16.7 Å². The van der Waals surface area contributed by atoms with Gasteiger partial charge in [0, 0.05) is 13.1 Å². The highest BCUT2D eigenvalue weighted by Gasteiger charge is 2.26. The summed E-state index contributed by atoms with van der Waals surface area (Å²) in [6.45, 7) is 12.6. The van der Waals surface area contributed by atoms with Crippen molar-refractivity contribution in [2.24, 2.45) is 11.3 Å². The summed E-state index contributed by atoms with van der Waals surface area (Å²) >= 11 is 1.28. The van der Waals surface area contributed by atoms with Gasteiger partial charge in [-0.15, -0.1) is 11.3 Å². The van der Waals surface area contributed by atoms with Crippen molar-refractivity contribution in [1.82, 2.24) is 10.0 Å². The molecule has 0 aliphatic rings. The Bertz CT molecular complexity index is 534. The highest BCUT2D eigenvalue weighted by molar-refractivity contribution is 7.91. The molecule has 0 atom stereocenters. The van der Waals surface area contributed by atoms with Gasteiger partial charge in [-0.2, -0.15) is 0 Å². The topological polar surface area (TPSA) is 58.2 Å². The van der Waals surface area contributed by atoms with Gasteiger partial charge in [0.2, 0.25) is 10.0 Å². The fourth-order valence-corrected chi connectivity index (χ4v) is 4.03. The van der Waals surface area contributed by atoms with Gasteiger partial charge in [-0.05, 0) is 41.3 Å². The van der Waals surface area contributed by atoms with E-state index in [1.54, 1.807) is 6.07 Å². The Morgan fingerprint density at radius 2 is 2.00 bits per heavy atom. The SMILES string of the molecule is CCCNCc1csc(S(=O)(=O)NCC(C)(C)C(C)C)c1. The maximum absolute atomic E-state index is 12.3. The first-order valence-corrected chi connectivity index (χ1v) is 9.83. The number of hydrogen-bond donors (Lipinski definition) is 2. The minimum Gasteiger partial charge on any atom is -0.313 e. The van der Waals surface area contributed by atoms with E-state index in [1.165, 1.54) is 11.3 Å². The smallest absolute Gasteiger partial charge is 0.250 e. The molecular formula is C15H28N2O2S2. The predicted molar refractivity (Wildman–Crippen MR) is 90.1 cm³/mol. The monoisotopic (exact) mass is 332 g/mol. The van der Waals surface area contributed by atoms with Gasteiger partial charge >= 0.3 is 0 Å². The van der Waals surface area contributed by atoms with E-state index in [4.69, 9.17) is 0 Å². The zero-order valence-corrected chi connectivity index (χ0v) is 15.3. The molecule has 122 valence electrons. The molecule has 2 N–H and O–H groups in total. The van der Waals surface area contributed by atoms with E-state index in [1.807, 2.05) is 5.38 Å². The molecule has 0 spiro atoms. The molecule has 21 heavy (non-hydrogen) atoms. The molecule has 1 rings (SSSR count). The van der Waals surface area contributed by atoms with Gasteiger partial charge < -0.3 is 5.32 Å². The first-order chi connectivity index (χ1) is 9.69. The fourth-order valence-electron chi connectivity index (χ4n) is 1.55. The van der Waals surface area contributed by atoms with Crippen LogP contribution in [-0.2, 0) is 16.6 Å². The number of thiophene rings is 1. The Morgan fingerprint density at radius 3 is 2.57 bits per heavy atom. The lowest BCUT2D eigenvalue weighted by atomic mass is 9.81. The Hall–Kier alpha value is -0.430. The Balaban J connectivity index is 2.66. The lowest BCUT2D eigenvalue weighted by Gasteiger charge is -2.29. The van der Waals surface area contributed by atoms with Crippen LogP contribution < -0.4 is 10.0 Å². The molecule has 0 radical (unpaired) electrons.